The maximum Gasteiger partial charge on any atom is 0.222 e. The van der Waals surface area contributed by atoms with Crippen LogP contribution in [0.3, 0.4) is 0 Å². The summed E-state index contributed by atoms with van der Waals surface area (Å²) in [6.07, 6.45) is 2.44. The molecule has 0 aromatic carbocycles. The van der Waals surface area contributed by atoms with E-state index in [0.29, 0.717) is 24.8 Å². The second-order valence-electron chi connectivity index (χ2n) is 7.66. The lowest BCUT2D eigenvalue weighted by Gasteiger charge is -2.17. The smallest absolute Gasteiger partial charge is 0.222 e. The molecular weight excluding hydrogens is 364 g/mol. The third-order valence-electron chi connectivity index (χ3n) is 5.18. The Labute approximate surface area is 172 Å². The number of methoxy groups -OCH3 is 2. The normalized spacial score (nSPS) is 12.3. The van der Waals surface area contributed by atoms with Crippen LogP contribution in [0.25, 0.3) is 22.3 Å². The largest absolute Gasteiger partial charge is 0.480 e. The molecule has 0 bridgehead atoms. The van der Waals surface area contributed by atoms with Crippen molar-refractivity contribution in [2.75, 3.05) is 20.8 Å². The summed E-state index contributed by atoms with van der Waals surface area (Å²) in [5.41, 5.74) is 6.75. The number of fused-ring (bicyclic) bond motifs is 1. The molecule has 0 aliphatic heterocycles. The van der Waals surface area contributed by atoms with E-state index in [1.54, 1.807) is 14.2 Å². The fourth-order valence-electron chi connectivity index (χ4n) is 3.65. The summed E-state index contributed by atoms with van der Waals surface area (Å²) in [6, 6.07) is 8.41. The third kappa shape index (κ3) is 3.96. The molecule has 152 valence electrons. The molecule has 6 heteroatoms. The molecule has 0 saturated carbocycles. The van der Waals surface area contributed by atoms with Gasteiger partial charge in [0, 0.05) is 19.0 Å². The maximum absolute atomic E-state index is 9.21. The lowest BCUT2D eigenvalue weighted by atomic mass is 10.0. The molecule has 0 aliphatic rings. The van der Waals surface area contributed by atoms with Crippen molar-refractivity contribution in [1.82, 2.24) is 14.5 Å². The van der Waals surface area contributed by atoms with Gasteiger partial charge in [0.1, 0.15) is 0 Å². The van der Waals surface area contributed by atoms with Gasteiger partial charge in [0.05, 0.1) is 54.5 Å². The van der Waals surface area contributed by atoms with E-state index in [-0.39, 0.29) is 6.04 Å². The Bertz CT molecular complexity index is 1060. The van der Waals surface area contributed by atoms with Crippen LogP contribution in [0.1, 0.15) is 49.0 Å². The standard InChI is InChI=1S/C23H28N4O2/c1-14(2)19-8-7-18(23(25-19)29-6)21-15(3)11-20-22(26-21)16(4)12-27(20)17(9-10-24)13-28-5/h7-8,11-12,14,17H,9,13H2,1-6H3/t17-/m1/s1. The predicted octanol–water partition coefficient (Wildman–Crippen LogP) is 4.95. The van der Waals surface area contributed by atoms with Gasteiger partial charge in [-0.2, -0.15) is 5.26 Å². The Balaban J connectivity index is 2.17. The highest BCUT2D eigenvalue weighted by atomic mass is 16.5. The van der Waals surface area contributed by atoms with Crippen molar-refractivity contribution in [1.29, 1.82) is 5.26 Å². The first kappa shape index (κ1) is 20.8. The summed E-state index contributed by atoms with van der Waals surface area (Å²) in [5.74, 6) is 0.911. The average molecular weight is 393 g/mol. The van der Waals surface area contributed by atoms with Crippen LogP contribution in [0.4, 0.5) is 0 Å². The molecule has 0 unspecified atom stereocenters. The van der Waals surface area contributed by atoms with E-state index >= 15 is 0 Å². The van der Waals surface area contributed by atoms with E-state index in [2.05, 4.69) is 41.7 Å². The van der Waals surface area contributed by atoms with Crippen LogP contribution in [-0.4, -0.2) is 35.4 Å². The van der Waals surface area contributed by atoms with E-state index in [9.17, 15) is 5.26 Å². The minimum absolute atomic E-state index is 0.0465. The molecule has 3 aromatic heterocycles. The van der Waals surface area contributed by atoms with Crippen LogP contribution in [-0.2, 0) is 4.74 Å². The van der Waals surface area contributed by atoms with Gasteiger partial charge in [-0.25, -0.2) is 9.97 Å². The van der Waals surface area contributed by atoms with Gasteiger partial charge in [0.15, 0.2) is 0 Å². The monoisotopic (exact) mass is 392 g/mol. The Morgan fingerprint density at radius 2 is 1.90 bits per heavy atom. The summed E-state index contributed by atoms with van der Waals surface area (Å²) in [5, 5.41) is 9.21. The molecule has 0 saturated heterocycles. The lowest BCUT2D eigenvalue weighted by molar-refractivity contribution is 0.158. The number of ether oxygens (including phenoxy) is 2. The fourth-order valence-corrected chi connectivity index (χ4v) is 3.65. The zero-order valence-corrected chi connectivity index (χ0v) is 18.0. The number of pyridine rings is 2. The molecule has 0 spiro atoms. The first-order valence-corrected chi connectivity index (χ1v) is 9.81. The number of nitrogens with zero attached hydrogens (tertiary/aromatic N) is 4. The molecule has 3 aromatic rings. The van der Waals surface area contributed by atoms with Crippen molar-refractivity contribution >= 4 is 11.0 Å². The first-order valence-electron chi connectivity index (χ1n) is 9.81. The van der Waals surface area contributed by atoms with Gasteiger partial charge in [-0.05, 0) is 49.1 Å². The molecule has 3 rings (SSSR count). The molecule has 0 radical (unpaired) electrons. The first-order chi connectivity index (χ1) is 13.9. The van der Waals surface area contributed by atoms with Gasteiger partial charge in [0.2, 0.25) is 5.88 Å². The number of aromatic nitrogens is 3. The fraction of sp³-hybridized carbons (Fsp3) is 0.435. The summed E-state index contributed by atoms with van der Waals surface area (Å²) < 4.78 is 13.0. The van der Waals surface area contributed by atoms with E-state index < -0.39 is 0 Å². The molecule has 1 atom stereocenters. The average Bonchev–Trinajstić information content (AvgIpc) is 3.02. The number of nitriles is 1. The quantitative estimate of drug-likeness (QED) is 0.569. The number of aryl methyl sites for hydroxylation is 2. The third-order valence-corrected chi connectivity index (χ3v) is 5.18. The van der Waals surface area contributed by atoms with Crippen molar-refractivity contribution in [3.05, 3.63) is 41.2 Å². The highest BCUT2D eigenvalue weighted by Crippen LogP contribution is 2.34. The molecule has 0 fully saturated rings. The van der Waals surface area contributed by atoms with Crippen molar-refractivity contribution in [3.63, 3.8) is 0 Å². The van der Waals surface area contributed by atoms with E-state index in [1.807, 2.05) is 26.0 Å². The van der Waals surface area contributed by atoms with Crippen LogP contribution >= 0.6 is 0 Å². The highest BCUT2D eigenvalue weighted by Gasteiger charge is 2.20. The Kier molecular flexibility index (Phi) is 6.19. The van der Waals surface area contributed by atoms with Gasteiger partial charge in [0.25, 0.3) is 0 Å². The lowest BCUT2D eigenvalue weighted by Crippen LogP contribution is -2.13. The topological polar surface area (TPSA) is 73.0 Å². The van der Waals surface area contributed by atoms with Gasteiger partial charge in [-0.1, -0.05) is 13.8 Å². The van der Waals surface area contributed by atoms with Gasteiger partial charge < -0.3 is 14.0 Å². The van der Waals surface area contributed by atoms with Crippen molar-refractivity contribution < 1.29 is 9.47 Å². The highest BCUT2D eigenvalue weighted by molar-refractivity contribution is 5.85. The Hall–Kier alpha value is -2.91. The minimum atomic E-state index is -0.0465. The summed E-state index contributed by atoms with van der Waals surface area (Å²) in [6.45, 7) is 8.78. The number of hydrogen-bond donors (Lipinski definition) is 0. The van der Waals surface area contributed by atoms with Gasteiger partial charge >= 0.3 is 0 Å². The Morgan fingerprint density at radius 1 is 1.14 bits per heavy atom. The molecule has 0 aliphatic carbocycles. The van der Waals surface area contributed by atoms with E-state index in [1.165, 1.54) is 0 Å². The van der Waals surface area contributed by atoms with Gasteiger partial charge in [-0.15, -0.1) is 0 Å². The summed E-state index contributed by atoms with van der Waals surface area (Å²) in [4.78, 5) is 9.66. The van der Waals surface area contributed by atoms with Crippen LogP contribution in [0.5, 0.6) is 5.88 Å². The molecule has 0 amide bonds. The molecule has 3 heterocycles. The van der Waals surface area contributed by atoms with Gasteiger partial charge in [-0.3, -0.25) is 0 Å². The molecule has 29 heavy (non-hydrogen) atoms. The molecular formula is C23H28N4O2. The van der Waals surface area contributed by atoms with E-state index in [0.717, 1.165) is 39.1 Å². The van der Waals surface area contributed by atoms with Crippen LogP contribution in [0.2, 0.25) is 0 Å². The number of rotatable bonds is 7. The molecule has 6 nitrogen and oxygen atoms in total. The van der Waals surface area contributed by atoms with Crippen LogP contribution in [0.15, 0.2) is 24.4 Å². The second kappa shape index (κ2) is 8.62. The van der Waals surface area contributed by atoms with Crippen molar-refractivity contribution in [2.24, 2.45) is 0 Å². The maximum atomic E-state index is 9.21. The minimum Gasteiger partial charge on any atom is -0.480 e. The van der Waals surface area contributed by atoms with Crippen LogP contribution < -0.4 is 4.74 Å². The molecule has 0 N–H and O–H groups in total. The number of hydrogen-bond acceptors (Lipinski definition) is 5. The Morgan fingerprint density at radius 3 is 2.52 bits per heavy atom. The van der Waals surface area contributed by atoms with Crippen LogP contribution in [0, 0.1) is 25.2 Å². The summed E-state index contributed by atoms with van der Waals surface area (Å²) in [7, 11) is 3.30. The zero-order valence-electron chi connectivity index (χ0n) is 18.0. The predicted molar refractivity (Wildman–Crippen MR) is 114 cm³/mol. The van der Waals surface area contributed by atoms with Crippen molar-refractivity contribution in [3.8, 4) is 23.2 Å². The SMILES string of the molecule is COC[C@@H](CC#N)n1cc(C)c2nc(-c3ccc(C(C)C)nc3OC)c(C)cc21. The summed E-state index contributed by atoms with van der Waals surface area (Å²) >= 11 is 0. The van der Waals surface area contributed by atoms with Crippen molar-refractivity contribution in [2.45, 2.75) is 46.1 Å². The second-order valence-corrected chi connectivity index (χ2v) is 7.66. The zero-order chi connectivity index (χ0) is 21.1. The van der Waals surface area contributed by atoms with E-state index in [4.69, 9.17) is 14.5 Å².